The van der Waals surface area contributed by atoms with Gasteiger partial charge >= 0.3 is 0 Å². The van der Waals surface area contributed by atoms with Gasteiger partial charge in [0.25, 0.3) is 0 Å². The summed E-state index contributed by atoms with van der Waals surface area (Å²) in [6.45, 7) is 0. The zero-order valence-electron chi connectivity index (χ0n) is 17.0. The molecule has 0 aromatic heterocycles. The molecule has 0 unspecified atom stereocenters. The molecule has 3 N–H and O–H groups in total. The third-order valence-electron chi connectivity index (χ3n) is 6.17. The molecule has 33 heavy (non-hydrogen) atoms. The van der Waals surface area contributed by atoms with E-state index in [1.54, 1.807) is 24.3 Å². The molecule has 162 valence electrons. The lowest BCUT2D eigenvalue weighted by Crippen LogP contribution is -2.13. The maximum absolute atomic E-state index is 10.4. The summed E-state index contributed by atoms with van der Waals surface area (Å²) in [5, 5.41) is 34.3. The Morgan fingerprint density at radius 2 is 1.06 bits per heavy atom. The summed E-state index contributed by atoms with van der Waals surface area (Å²) in [6.07, 6.45) is 0. The van der Waals surface area contributed by atoms with Crippen LogP contribution in [0.25, 0.3) is 21.5 Å². The van der Waals surface area contributed by atoms with Crippen molar-refractivity contribution in [1.29, 1.82) is 0 Å². The molecule has 6 rings (SSSR count). The highest BCUT2D eigenvalue weighted by Crippen LogP contribution is 2.53. The topological polar surface area (TPSA) is 69.9 Å². The number of benzene rings is 5. The number of fused-ring (bicyclic) bond motifs is 6. The van der Waals surface area contributed by atoms with Gasteiger partial charge in [0.15, 0.2) is 0 Å². The van der Waals surface area contributed by atoms with Crippen molar-refractivity contribution in [3.8, 4) is 28.7 Å². The third kappa shape index (κ3) is 3.30. The lowest BCUT2D eigenvalue weighted by molar-refractivity contribution is 0.458. The molecule has 0 atom stereocenters. The van der Waals surface area contributed by atoms with E-state index in [0.29, 0.717) is 11.5 Å². The van der Waals surface area contributed by atoms with E-state index in [1.807, 2.05) is 36.4 Å². The van der Waals surface area contributed by atoms with E-state index in [4.69, 9.17) is 4.74 Å². The van der Waals surface area contributed by atoms with E-state index in [9.17, 15) is 15.3 Å². The van der Waals surface area contributed by atoms with Crippen molar-refractivity contribution in [3.05, 3.63) is 96.6 Å². The largest absolute Gasteiger partial charge is 0.508 e. The second-order valence-corrected chi connectivity index (χ2v) is 10.5. The number of phenols is 3. The van der Waals surface area contributed by atoms with Crippen molar-refractivity contribution in [2.75, 3.05) is 0 Å². The van der Waals surface area contributed by atoms with E-state index in [-0.39, 0.29) is 23.2 Å². The quantitative estimate of drug-likeness (QED) is 0.159. The zero-order chi connectivity index (χ0) is 22.9. The Morgan fingerprint density at radius 3 is 1.55 bits per heavy atom. The Labute approximate surface area is 216 Å². The summed E-state index contributed by atoms with van der Waals surface area (Å²) in [4.78, 5) is 0. The smallest absolute Gasteiger partial charge is 0.142 e. The van der Waals surface area contributed by atoms with Crippen molar-refractivity contribution in [2.45, 2.75) is 5.92 Å². The normalized spacial score (nSPS) is 13.0. The summed E-state index contributed by atoms with van der Waals surface area (Å²) in [5.74, 6) is 1.85. The predicted octanol–water partition coefficient (Wildman–Crippen LogP) is 7.60. The van der Waals surface area contributed by atoms with Crippen molar-refractivity contribution in [2.24, 2.45) is 0 Å². The number of halogens is 2. The van der Waals surface area contributed by atoms with Crippen LogP contribution in [0.4, 0.5) is 0 Å². The molecule has 1 aliphatic rings. The first-order chi connectivity index (χ1) is 15.9. The number of hydrogen-bond donors (Lipinski definition) is 3. The molecule has 0 saturated carbocycles. The van der Waals surface area contributed by atoms with Gasteiger partial charge in [-0.25, -0.2) is 0 Å². The van der Waals surface area contributed by atoms with E-state index < -0.39 is 0 Å². The summed E-state index contributed by atoms with van der Waals surface area (Å²) in [7, 11) is 0. The number of rotatable bonds is 1. The van der Waals surface area contributed by atoms with Crippen molar-refractivity contribution in [3.63, 3.8) is 0 Å². The highest BCUT2D eigenvalue weighted by Gasteiger charge is 2.32. The monoisotopic (exact) mass is 658 g/mol. The highest BCUT2D eigenvalue weighted by molar-refractivity contribution is 14.1. The van der Waals surface area contributed by atoms with Gasteiger partial charge in [0, 0.05) is 27.8 Å². The SMILES string of the molecule is Oc1ccc2ccc3c(c2c1)Oc1c(ccc2ccc(O)cc12)C3c1cc(I)c(O)c(I)c1. The maximum Gasteiger partial charge on any atom is 0.142 e. The molecular weight excluding hydrogens is 642 g/mol. The first kappa shape index (κ1) is 20.9. The zero-order valence-corrected chi connectivity index (χ0v) is 21.3. The number of aromatic hydroxyl groups is 3. The van der Waals surface area contributed by atoms with E-state index in [0.717, 1.165) is 45.4 Å². The molecule has 1 heterocycles. The summed E-state index contributed by atoms with van der Waals surface area (Å²) in [5.41, 5.74) is 3.00. The van der Waals surface area contributed by atoms with Gasteiger partial charge in [0.2, 0.25) is 0 Å². The molecule has 6 heteroatoms. The van der Waals surface area contributed by atoms with Gasteiger partial charge in [0.05, 0.1) is 7.14 Å². The van der Waals surface area contributed by atoms with Crippen LogP contribution < -0.4 is 4.74 Å². The minimum atomic E-state index is -0.148. The second-order valence-electron chi connectivity index (χ2n) is 8.15. The van der Waals surface area contributed by atoms with Crippen molar-refractivity contribution >= 4 is 66.7 Å². The van der Waals surface area contributed by atoms with Crippen LogP contribution in [-0.2, 0) is 0 Å². The van der Waals surface area contributed by atoms with Crippen LogP contribution in [0.1, 0.15) is 22.6 Å². The first-order valence-electron chi connectivity index (χ1n) is 10.3. The fourth-order valence-corrected chi connectivity index (χ4v) is 6.47. The van der Waals surface area contributed by atoms with Gasteiger partial charge in [-0.05, 0) is 97.9 Å². The number of phenolic OH excluding ortho intramolecular Hbond substituents is 3. The molecule has 0 saturated heterocycles. The molecule has 0 spiro atoms. The lowest BCUT2D eigenvalue weighted by atomic mass is 9.80. The number of ether oxygens (including phenoxy) is 1. The van der Waals surface area contributed by atoms with Crippen LogP contribution >= 0.6 is 45.2 Å². The molecule has 5 aromatic rings. The first-order valence-corrected chi connectivity index (χ1v) is 12.4. The molecule has 0 fully saturated rings. The van der Waals surface area contributed by atoms with Gasteiger partial charge < -0.3 is 20.1 Å². The summed E-state index contributed by atoms with van der Waals surface area (Å²) < 4.78 is 8.13. The lowest BCUT2D eigenvalue weighted by Gasteiger charge is -2.31. The molecule has 0 bridgehead atoms. The Hall–Kier alpha value is -2.72. The van der Waals surface area contributed by atoms with Gasteiger partial charge in [-0.1, -0.05) is 36.4 Å². The molecule has 4 nitrogen and oxygen atoms in total. The van der Waals surface area contributed by atoms with Gasteiger partial charge in [-0.15, -0.1) is 0 Å². The van der Waals surface area contributed by atoms with Crippen LogP contribution in [0.2, 0.25) is 0 Å². The molecule has 1 aliphatic heterocycles. The van der Waals surface area contributed by atoms with Gasteiger partial charge in [0.1, 0.15) is 28.7 Å². The molecule has 5 aromatic carbocycles. The Morgan fingerprint density at radius 1 is 0.606 bits per heavy atom. The van der Waals surface area contributed by atoms with Crippen LogP contribution in [0.3, 0.4) is 0 Å². The highest BCUT2D eigenvalue weighted by atomic mass is 127. The van der Waals surface area contributed by atoms with Gasteiger partial charge in [-0.2, -0.15) is 0 Å². The summed E-state index contributed by atoms with van der Waals surface area (Å²) >= 11 is 4.31. The fraction of sp³-hybridized carbons (Fsp3) is 0.0370. The Bertz CT molecular complexity index is 1500. The standard InChI is InChI=1S/C27H16I2O4/c28-22-9-15(10-23(29)25(22)32)24-18-7-3-13-1-5-16(30)11-20(13)26(18)33-27-19(24)8-4-14-2-6-17(31)12-21(14)27/h1-12,24,30-32H. The minimum Gasteiger partial charge on any atom is -0.508 e. The average molecular weight is 658 g/mol. The maximum atomic E-state index is 10.4. The van der Waals surface area contributed by atoms with Gasteiger partial charge in [-0.3, -0.25) is 0 Å². The molecule has 0 aliphatic carbocycles. The van der Waals surface area contributed by atoms with Crippen molar-refractivity contribution < 1.29 is 20.1 Å². The van der Waals surface area contributed by atoms with E-state index in [2.05, 4.69) is 57.3 Å². The molecule has 0 radical (unpaired) electrons. The van der Waals surface area contributed by atoms with E-state index in [1.165, 1.54) is 0 Å². The van der Waals surface area contributed by atoms with Crippen molar-refractivity contribution in [1.82, 2.24) is 0 Å². The molecule has 0 amide bonds. The van der Waals surface area contributed by atoms with Crippen LogP contribution in [0, 0.1) is 7.14 Å². The fourth-order valence-electron chi connectivity index (χ4n) is 4.66. The summed E-state index contributed by atoms with van der Waals surface area (Å²) in [6, 6.07) is 22.8. The third-order valence-corrected chi connectivity index (χ3v) is 7.82. The average Bonchev–Trinajstić information content (AvgIpc) is 2.80. The number of hydrogen-bond acceptors (Lipinski definition) is 4. The van der Waals surface area contributed by atoms with Crippen LogP contribution in [-0.4, -0.2) is 15.3 Å². The van der Waals surface area contributed by atoms with Crippen LogP contribution in [0.15, 0.2) is 72.8 Å². The Kier molecular flexibility index (Phi) is 4.84. The van der Waals surface area contributed by atoms with Crippen LogP contribution in [0.5, 0.6) is 28.7 Å². The molecular formula is C27H16I2O4. The Balaban J connectivity index is 1.72. The minimum absolute atomic E-state index is 0.148. The van der Waals surface area contributed by atoms with E-state index >= 15 is 0 Å². The predicted molar refractivity (Wildman–Crippen MR) is 146 cm³/mol. The second kappa shape index (κ2) is 7.66.